The van der Waals surface area contributed by atoms with E-state index in [0.717, 1.165) is 0 Å². The Morgan fingerprint density at radius 1 is 1.50 bits per heavy atom. The second-order valence-corrected chi connectivity index (χ2v) is 3.51. The average Bonchev–Trinajstić information content (AvgIpc) is 2.34. The summed E-state index contributed by atoms with van der Waals surface area (Å²) in [6, 6.07) is 5.90. The molecule has 0 heterocycles. The number of aliphatic hydroxyl groups excluding tert-OH is 1. The molecule has 4 nitrogen and oxygen atoms in total. The second kappa shape index (κ2) is 5.72. The first-order valence-corrected chi connectivity index (χ1v) is 5.00. The number of rotatable bonds is 4. The van der Waals surface area contributed by atoms with Crippen LogP contribution < -0.4 is 10.1 Å². The van der Waals surface area contributed by atoms with Gasteiger partial charge in [-0.2, -0.15) is 13.2 Å². The Balaban J connectivity index is 2.68. The predicted molar refractivity (Wildman–Crippen MR) is 57.0 cm³/mol. The molecule has 0 saturated heterocycles. The number of benzene rings is 1. The van der Waals surface area contributed by atoms with E-state index in [1.807, 2.05) is 0 Å². The molecule has 18 heavy (non-hydrogen) atoms. The van der Waals surface area contributed by atoms with Gasteiger partial charge in [-0.1, -0.05) is 12.1 Å². The molecule has 1 amide bonds. The molecule has 1 aromatic rings. The Kier molecular flexibility index (Phi) is 4.55. The molecule has 0 radical (unpaired) electrons. The highest BCUT2D eigenvalue weighted by molar-refractivity contribution is 5.82. The van der Waals surface area contributed by atoms with Crippen LogP contribution in [0.5, 0.6) is 5.75 Å². The van der Waals surface area contributed by atoms with E-state index in [-0.39, 0.29) is 5.56 Å². The molecule has 7 heteroatoms. The van der Waals surface area contributed by atoms with Crippen LogP contribution in [-0.2, 0) is 4.79 Å². The molecule has 0 spiro atoms. The minimum Gasteiger partial charge on any atom is -0.497 e. The van der Waals surface area contributed by atoms with Crippen LogP contribution in [0.4, 0.5) is 13.2 Å². The number of hydrogen-bond donors (Lipinski definition) is 2. The minimum atomic E-state index is -4.51. The number of halogens is 3. The monoisotopic (exact) mass is 263 g/mol. The van der Waals surface area contributed by atoms with Crippen molar-refractivity contribution in [2.75, 3.05) is 13.7 Å². The Morgan fingerprint density at radius 3 is 2.72 bits per heavy atom. The summed E-state index contributed by atoms with van der Waals surface area (Å²) in [6.07, 6.45) is -6.17. The second-order valence-electron chi connectivity index (χ2n) is 3.51. The third-order valence-electron chi connectivity index (χ3n) is 2.12. The Morgan fingerprint density at radius 2 is 2.17 bits per heavy atom. The van der Waals surface area contributed by atoms with Crippen molar-refractivity contribution in [2.45, 2.75) is 12.3 Å². The molecule has 100 valence electrons. The number of amides is 1. The molecule has 1 rings (SSSR count). The van der Waals surface area contributed by atoms with E-state index in [2.05, 4.69) is 0 Å². The molecule has 0 aliphatic rings. The SMILES string of the molecule is COc1cccc(C(O)C(=O)NCC(F)(F)F)c1. The van der Waals surface area contributed by atoms with Crippen molar-refractivity contribution in [3.8, 4) is 5.75 Å². The lowest BCUT2D eigenvalue weighted by atomic mass is 10.1. The summed E-state index contributed by atoms with van der Waals surface area (Å²) in [6.45, 7) is -1.48. The van der Waals surface area contributed by atoms with Crippen LogP contribution in [0.15, 0.2) is 24.3 Å². The van der Waals surface area contributed by atoms with Crippen LogP contribution in [0.25, 0.3) is 0 Å². The first kappa shape index (κ1) is 14.3. The summed E-state index contributed by atoms with van der Waals surface area (Å²) in [5.41, 5.74) is 0.161. The van der Waals surface area contributed by atoms with Crippen LogP contribution in [0.1, 0.15) is 11.7 Å². The minimum absolute atomic E-state index is 0.161. The fraction of sp³-hybridized carbons (Fsp3) is 0.364. The number of carbonyl (C=O) groups excluding carboxylic acids is 1. The van der Waals surface area contributed by atoms with Gasteiger partial charge in [0, 0.05) is 0 Å². The Bertz CT molecular complexity index is 420. The van der Waals surface area contributed by atoms with Crippen molar-refractivity contribution in [3.05, 3.63) is 29.8 Å². The van der Waals surface area contributed by atoms with Crippen molar-refractivity contribution in [1.29, 1.82) is 0 Å². The third-order valence-corrected chi connectivity index (χ3v) is 2.12. The van der Waals surface area contributed by atoms with E-state index in [1.165, 1.54) is 25.3 Å². The van der Waals surface area contributed by atoms with Gasteiger partial charge in [0.15, 0.2) is 6.10 Å². The molecule has 1 aromatic carbocycles. The van der Waals surface area contributed by atoms with E-state index >= 15 is 0 Å². The summed E-state index contributed by atoms with van der Waals surface area (Å²) in [7, 11) is 1.40. The first-order chi connectivity index (χ1) is 8.33. The van der Waals surface area contributed by atoms with E-state index in [4.69, 9.17) is 4.74 Å². The zero-order valence-electron chi connectivity index (χ0n) is 9.49. The topological polar surface area (TPSA) is 58.6 Å². The van der Waals surface area contributed by atoms with Gasteiger partial charge in [0.05, 0.1) is 7.11 Å². The summed E-state index contributed by atoms with van der Waals surface area (Å²) >= 11 is 0. The number of methoxy groups -OCH3 is 1. The van der Waals surface area contributed by atoms with E-state index in [0.29, 0.717) is 5.75 Å². The lowest BCUT2D eigenvalue weighted by Crippen LogP contribution is -2.36. The summed E-state index contributed by atoms with van der Waals surface area (Å²) < 4.78 is 40.5. The fourth-order valence-corrected chi connectivity index (χ4v) is 1.25. The number of nitrogens with one attached hydrogen (secondary N) is 1. The maximum atomic E-state index is 11.9. The lowest BCUT2D eigenvalue weighted by molar-refractivity contribution is -0.143. The third kappa shape index (κ3) is 4.25. The van der Waals surface area contributed by atoms with Gasteiger partial charge in [0.1, 0.15) is 12.3 Å². The van der Waals surface area contributed by atoms with E-state index in [9.17, 15) is 23.1 Å². The number of ether oxygens (including phenoxy) is 1. The number of carbonyl (C=O) groups is 1. The largest absolute Gasteiger partial charge is 0.497 e. The van der Waals surface area contributed by atoms with Gasteiger partial charge in [-0.3, -0.25) is 4.79 Å². The zero-order valence-corrected chi connectivity index (χ0v) is 9.49. The molecule has 2 N–H and O–H groups in total. The molecule has 1 atom stereocenters. The molecule has 0 bridgehead atoms. The van der Waals surface area contributed by atoms with E-state index < -0.39 is 24.7 Å². The molecule has 0 saturated carbocycles. The van der Waals surface area contributed by atoms with Crippen LogP contribution >= 0.6 is 0 Å². The summed E-state index contributed by atoms with van der Waals surface area (Å²) in [5.74, 6) is -0.712. The summed E-state index contributed by atoms with van der Waals surface area (Å²) in [5, 5.41) is 11.2. The van der Waals surface area contributed by atoms with Gasteiger partial charge in [-0.05, 0) is 17.7 Å². The van der Waals surface area contributed by atoms with Crippen LogP contribution in [-0.4, -0.2) is 30.8 Å². The molecule has 0 aliphatic carbocycles. The van der Waals surface area contributed by atoms with Crippen molar-refractivity contribution in [3.63, 3.8) is 0 Å². The normalized spacial score (nSPS) is 12.9. The van der Waals surface area contributed by atoms with Gasteiger partial charge in [0.2, 0.25) is 0 Å². The van der Waals surface area contributed by atoms with Gasteiger partial charge in [-0.15, -0.1) is 0 Å². The van der Waals surface area contributed by atoms with Crippen molar-refractivity contribution in [2.24, 2.45) is 0 Å². The number of alkyl halides is 3. The average molecular weight is 263 g/mol. The van der Waals surface area contributed by atoms with Crippen molar-refractivity contribution >= 4 is 5.91 Å². The maximum Gasteiger partial charge on any atom is 0.405 e. The predicted octanol–water partition coefficient (Wildman–Crippen LogP) is 1.41. The highest BCUT2D eigenvalue weighted by Gasteiger charge is 2.29. The van der Waals surface area contributed by atoms with Crippen molar-refractivity contribution < 1.29 is 27.8 Å². The highest BCUT2D eigenvalue weighted by Crippen LogP contribution is 2.19. The molecule has 1 unspecified atom stereocenters. The van der Waals surface area contributed by atoms with Gasteiger partial charge in [-0.25, -0.2) is 0 Å². The molecular weight excluding hydrogens is 251 g/mol. The molecule has 0 aromatic heterocycles. The van der Waals surface area contributed by atoms with E-state index in [1.54, 1.807) is 11.4 Å². The van der Waals surface area contributed by atoms with Crippen LogP contribution in [0, 0.1) is 0 Å². The number of aliphatic hydroxyl groups is 1. The molecular formula is C11H12F3NO3. The van der Waals surface area contributed by atoms with Gasteiger partial charge >= 0.3 is 6.18 Å². The fourth-order valence-electron chi connectivity index (χ4n) is 1.25. The smallest absolute Gasteiger partial charge is 0.405 e. The van der Waals surface area contributed by atoms with Gasteiger partial charge < -0.3 is 15.2 Å². The maximum absolute atomic E-state index is 11.9. The molecule has 0 fully saturated rings. The first-order valence-electron chi connectivity index (χ1n) is 5.00. The Hall–Kier alpha value is -1.76. The zero-order chi connectivity index (χ0) is 13.8. The summed E-state index contributed by atoms with van der Waals surface area (Å²) in [4.78, 5) is 11.3. The highest BCUT2D eigenvalue weighted by atomic mass is 19.4. The number of hydrogen-bond acceptors (Lipinski definition) is 3. The Labute approximate surface area is 101 Å². The van der Waals surface area contributed by atoms with Crippen LogP contribution in [0.3, 0.4) is 0 Å². The van der Waals surface area contributed by atoms with Gasteiger partial charge in [0.25, 0.3) is 5.91 Å². The standard InChI is InChI=1S/C11H12F3NO3/c1-18-8-4-2-3-7(5-8)9(16)10(17)15-6-11(12,13)14/h2-5,9,16H,6H2,1H3,(H,15,17). The van der Waals surface area contributed by atoms with Crippen LogP contribution in [0.2, 0.25) is 0 Å². The van der Waals surface area contributed by atoms with Crippen molar-refractivity contribution in [1.82, 2.24) is 5.32 Å². The quantitative estimate of drug-likeness (QED) is 0.863. The lowest BCUT2D eigenvalue weighted by Gasteiger charge is -2.13. The molecule has 0 aliphatic heterocycles.